The zero-order chi connectivity index (χ0) is 15.3. The smallest absolute Gasteiger partial charge is 0.126 e. The molecule has 0 saturated carbocycles. The van der Waals surface area contributed by atoms with Crippen molar-refractivity contribution in [2.24, 2.45) is 11.7 Å². The summed E-state index contributed by atoms with van der Waals surface area (Å²) in [6.07, 6.45) is 1.81. The first-order valence-corrected chi connectivity index (χ1v) is 7.21. The Hall–Kier alpha value is -1.00. The second-order valence-electron chi connectivity index (χ2n) is 6.06. The molecule has 2 unspecified atom stereocenters. The average molecular weight is 284 g/mol. The van der Waals surface area contributed by atoms with Crippen molar-refractivity contribution in [3.05, 3.63) is 35.4 Å². The van der Waals surface area contributed by atoms with Crippen LogP contribution in [0, 0.1) is 17.6 Å². The maximum absolute atomic E-state index is 13.2. The van der Waals surface area contributed by atoms with Crippen molar-refractivity contribution >= 4 is 0 Å². The average Bonchev–Trinajstić information content (AvgIpc) is 2.33. The number of hydrogen-bond donors (Lipinski definition) is 1. The summed E-state index contributed by atoms with van der Waals surface area (Å²) in [6.45, 7) is 7.40. The van der Waals surface area contributed by atoms with E-state index in [4.69, 9.17) is 5.73 Å². The van der Waals surface area contributed by atoms with Gasteiger partial charge < -0.3 is 10.6 Å². The second-order valence-corrected chi connectivity index (χ2v) is 6.06. The molecule has 20 heavy (non-hydrogen) atoms. The predicted octanol–water partition coefficient (Wildman–Crippen LogP) is 3.72. The normalized spacial score (nSPS) is 14.8. The molecule has 2 atom stereocenters. The summed E-state index contributed by atoms with van der Waals surface area (Å²) in [7, 11) is 2.06. The van der Waals surface area contributed by atoms with Gasteiger partial charge in [0.1, 0.15) is 11.6 Å². The van der Waals surface area contributed by atoms with Crippen molar-refractivity contribution in [3.63, 3.8) is 0 Å². The third-order valence-corrected chi connectivity index (χ3v) is 3.67. The fraction of sp³-hybridized carbons (Fsp3) is 0.625. The van der Waals surface area contributed by atoms with Gasteiger partial charge in [-0.3, -0.25) is 0 Å². The van der Waals surface area contributed by atoms with Crippen LogP contribution in [0.5, 0.6) is 0 Å². The molecule has 0 fully saturated rings. The predicted molar refractivity (Wildman–Crippen MR) is 79.5 cm³/mol. The summed E-state index contributed by atoms with van der Waals surface area (Å²) in [5.41, 5.74) is 6.54. The Morgan fingerprint density at radius 3 is 2.15 bits per heavy atom. The van der Waals surface area contributed by atoms with E-state index in [1.807, 2.05) is 0 Å². The van der Waals surface area contributed by atoms with Gasteiger partial charge in [-0.15, -0.1) is 0 Å². The molecule has 0 saturated heterocycles. The van der Waals surface area contributed by atoms with Crippen molar-refractivity contribution in [1.82, 2.24) is 4.90 Å². The maximum atomic E-state index is 13.2. The summed E-state index contributed by atoms with van der Waals surface area (Å²) in [4.78, 5) is 2.25. The number of rotatable bonds is 7. The minimum Gasteiger partial charge on any atom is -0.324 e. The van der Waals surface area contributed by atoms with Gasteiger partial charge in [0.15, 0.2) is 0 Å². The third-order valence-electron chi connectivity index (χ3n) is 3.67. The summed E-state index contributed by atoms with van der Waals surface area (Å²) in [5, 5.41) is 0. The largest absolute Gasteiger partial charge is 0.324 e. The van der Waals surface area contributed by atoms with Crippen molar-refractivity contribution in [1.29, 1.82) is 0 Å². The quantitative estimate of drug-likeness (QED) is 0.827. The number of benzene rings is 1. The maximum Gasteiger partial charge on any atom is 0.126 e. The fourth-order valence-corrected chi connectivity index (χ4v) is 2.38. The number of nitrogens with two attached hydrogens (primary N) is 1. The molecule has 2 N–H and O–H groups in total. The Labute approximate surface area is 121 Å². The van der Waals surface area contributed by atoms with Gasteiger partial charge in [-0.25, -0.2) is 8.78 Å². The molecule has 0 heterocycles. The molecular formula is C16H26F2N2. The van der Waals surface area contributed by atoms with Gasteiger partial charge in [0.25, 0.3) is 0 Å². The van der Waals surface area contributed by atoms with Gasteiger partial charge in [0, 0.05) is 18.2 Å². The highest BCUT2D eigenvalue weighted by atomic mass is 19.1. The Morgan fingerprint density at radius 2 is 1.65 bits per heavy atom. The van der Waals surface area contributed by atoms with Gasteiger partial charge in [-0.1, -0.05) is 13.8 Å². The van der Waals surface area contributed by atoms with Crippen LogP contribution in [0.25, 0.3) is 0 Å². The van der Waals surface area contributed by atoms with Gasteiger partial charge in [0.2, 0.25) is 0 Å². The lowest BCUT2D eigenvalue weighted by Crippen LogP contribution is -2.32. The summed E-state index contributed by atoms with van der Waals surface area (Å²) in [5.74, 6) is -0.493. The van der Waals surface area contributed by atoms with Crippen molar-refractivity contribution < 1.29 is 8.78 Å². The lowest BCUT2D eigenvalue weighted by molar-refractivity contribution is 0.221. The molecule has 1 rings (SSSR count). The molecule has 0 aliphatic carbocycles. The molecule has 0 aliphatic rings. The Kier molecular flexibility index (Phi) is 6.56. The molecule has 114 valence electrons. The minimum atomic E-state index is -0.572. The van der Waals surface area contributed by atoms with Gasteiger partial charge in [0.05, 0.1) is 0 Å². The third kappa shape index (κ3) is 5.55. The minimum absolute atomic E-state index is 0.339. The van der Waals surface area contributed by atoms with Gasteiger partial charge in [-0.05, 0) is 57.0 Å². The van der Waals surface area contributed by atoms with E-state index in [0.717, 1.165) is 19.0 Å². The molecule has 0 aromatic heterocycles. The molecule has 2 nitrogen and oxygen atoms in total. The first kappa shape index (κ1) is 17.1. The monoisotopic (exact) mass is 284 g/mol. The molecule has 0 amide bonds. The summed E-state index contributed by atoms with van der Waals surface area (Å²) >= 11 is 0. The zero-order valence-corrected chi connectivity index (χ0v) is 12.9. The lowest BCUT2D eigenvalue weighted by Gasteiger charge is -2.27. The van der Waals surface area contributed by atoms with Crippen molar-refractivity contribution in [3.8, 4) is 0 Å². The van der Waals surface area contributed by atoms with Crippen LogP contribution >= 0.6 is 0 Å². The highest BCUT2D eigenvalue weighted by Gasteiger charge is 2.14. The number of halogens is 2. The lowest BCUT2D eigenvalue weighted by atomic mass is 10.0. The van der Waals surface area contributed by atoms with Crippen LogP contribution in [0.4, 0.5) is 8.78 Å². The van der Waals surface area contributed by atoms with Crippen LogP contribution in [-0.2, 0) is 0 Å². The van der Waals surface area contributed by atoms with E-state index >= 15 is 0 Å². The zero-order valence-electron chi connectivity index (χ0n) is 12.9. The van der Waals surface area contributed by atoms with E-state index in [-0.39, 0.29) is 6.04 Å². The Morgan fingerprint density at radius 1 is 1.10 bits per heavy atom. The molecular weight excluding hydrogens is 258 g/mol. The Bertz CT molecular complexity index is 401. The van der Waals surface area contributed by atoms with E-state index in [1.165, 1.54) is 12.1 Å². The summed E-state index contributed by atoms with van der Waals surface area (Å²) in [6, 6.07) is 3.63. The first-order chi connectivity index (χ1) is 9.29. The van der Waals surface area contributed by atoms with E-state index in [9.17, 15) is 8.78 Å². The molecule has 0 bridgehead atoms. The van der Waals surface area contributed by atoms with Crippen LogP contribution in [0.1, 0.15) is 45.2 Å². The Balaban J connectivity index is 2.52. The van der Waals surface area contributed by atoms with Crippen LogP contribution < -0.4 is 5.73 Å². The number of hydrogen-bond acceptors (Lipinski definition) is 2. The fourth-order valence-electron chi connectivity index (χ4n) is 2.38. The molecule has 0 aliphatic heterocycles. The molecule has 0 spiro atoms. The van der Waals surface area contributed by atoms with Crippen LogP contribution in [0.2, 0.25) is 0 Å². The molecule has 4 heteroatoms. The van der Waals surface area contributed by atoms with E-state index in [0.29, 0.717) is 23.9 Å². The van der Waals surface area contributed by atoms with Crippen LogP contribution in [-0.4, -0.2) is 24.5 Å². The standard InChI is InChI=1S/C16H26F2N2/c1-11(2)7-12(3)20(4)6-5-16(19)13-8-14(17)10-15(18)9-13/h8-12,16H,5-7,19H2,1-4H3. The summed E-state index contributed by atoms with van der Waals surface area (Å²) < 4.78 is 26.3. The molecule has 0 radical (unpaired) electrons. The van der Waals surface area contributed by atoms with Gasteiger partial charge >= 0.3 is 0 Å². The van der Waals surface area contributed by atoms with Crippen LogP contribution in [0.15, 0.2) is 18.2 Å². The molecule has 1 aromatic carbocycles. The molecule has 1 aromatic rings. The van der Waals surface area contributed by atoms with Crippen molar-refractivity contribution in [2.75, 3.05) is 13.6 Å². The second kappa shape index (κ2) is 7.70. The van der Waals surface area contributed by atoms with E-state index in [2.05, 4.69) is 32.7 Å². The van der Waals surface area contributed by atoms with Gasteiger partial charge in [-0.2, -0.15) is 0 Å². The highest BCUT2D eigenvalue weighted by Crippen LogP contribution is 2.18. The van der Waals surface area contributed by atoms with E-state index < -0.39 is 11.6 Å². The van der Waals surface area contributed by atoms with Crippen molar-refractivity contribution in [2.45, 2.75) is 45.7 Å². The van der Waals surface area contributed by atoms with E-state index in [1.54, 1.807) is 0 Å². The number of nitrogens with zero attached hydrogens (tertiary/aromatic N) is 1. The topological polar surface area (TPSA) is 29.3 Å². The highest BCUT2D eigenvalue weighted by molar-refractivity contribution is 5.21. The SMILES string of the molecule is CC(C)CC(C)N(C)CCC(N)c1cc(F)cc(F)c1. The first-order valence-electron chi connectivity index (χ1n) is 7.21. The van der Waals surface area contributed by atoms with Crippen LogP contribution in [0.3, 0.4) is 0 Å².